The van der Waals surface area contributed by atoms with Crippen molar-refractivity contribution in [1.29, 1.82) is 0 Å². The summed E-state index contributed by atoms with van der Waals surface area (Å²) in [5.41, 5.74) is 1.36. The smallest absolute Gasteiger partial charge is 0.222 e. The molecule has 1 aliphatic rings. The minimum absolute atomic E-state index is 0.109. The lowest BCUT2D eigenvalue weighted by molar-refractivity contribution is -0.121. The highest BCUT2D eigenvalue weighted by Crippen LogP contribution is 2.22. The number of para-hydroxylation sites is 1. The molecular formula is C10H11FN2O. The topological polar surface area (TPSA) is 32.3 Å². The number of anilines is 1. The van der Waals surface area contributed by atoms with Crippen molar-refractivity contribution < 1.29 is 9.28 Å². The molecule has 1 aliphatic heterocycles. The molecule has 1 amide bonds. The van der Waals surface area contributed by atoms with Crippen molar-refractivity contribution in [3.8, 4) is 0 Å². The Hall–Kier alpha value is -1.58. The summed E-state index contributed by atoms with van der Waals surface area (Å²) in [5, 5.41) is 3.36. The second-order valence-electron chi connectivity index (χ2n) is 3.24. The number of fused-ring (bicyclic) bond motifs is 1. The van der Waals surface area contributed by atoms with Gasteiger partial charge in [-0.25, -0.2) is 5.12 Å². The van der Waals surface area contributed by atoms with Crippen molar-refractivity contribution in [2.24, 2.45) is 0 Å². The molecule has 14 heavy (non-hydrogen) atoms. The first-order valence-electron chi connectivity index (χ1n) is 4.55. The SMILES string of the molecule is O=C1CCN(F)c2ccccc2CN1. The molecule has 0 aromatic heterocycles. The Morgan fingerprint density at radius 1 is 1.36 bits per heavy atom. The van der Waals surface area contributed by atoms with Gasteiger partial charge in [0.15, 0.2) is 0 Å². The van der Waals surface area contributed by atoms with E-state index in [4.69, 9.17) is 0 Å². The molecule has 0 spiro atoms. The van der Waals surface area contributed by atoms with Crippen molar-refractivity contribution in [1.82, 2.24) is 5.32 Å². The number of benzene rings is 1. The molecular weight excluding hydrogens is 183 g/mol. The van der Waals surface area contributed by atoms with Crippen LogP contribution in [0.4, 0.5) is 10.2 Å². The quantitative estimate of drug-likeness (QED) is 0.633. The Morgan fingerprint density at radius 3 is 3.00 bits per heavy atom. The maximum atomic E-state index is 13.4. The number of hydrogen-bond donors (Lipinski definition) is 1. The van der Waals surface area contributed by atoms with E-state index in [2.05, 4.69) is 5.32 Å². The number of nitrogens with one attached hydrogen (secondary N) is 1. The average molecular weight is 194 g/mol. The van der Waals surface area contributed by atoms with Gasteiger partial charge >= 0.3 is 0 Å². The highest BCUT2D eigenvalue weighted by molar-refractivity contribution is 5.77. The van der Waals surface area contributed by atoms with E-state index in [0.717, 1.165) is 5.56 Å². The summed E-state index contributed by atoms with van der Waals surface area (Å²) >= 11 is 0. The van der Waals surface area contributed by atoms with Gasteiger partial charge in [-0.1, -0.05) is 22.7 Å². The molecule has 1 N–H and O–H groups in total. The Kier molecular flexibility index (Phi) is 2.35. The van der Waals surface area contributed by atoms with E-state index in [1.54, 1.807) is 12.1 Å². The number of amides is 1. The van der Waals surface area contributed by atoms with Crippen LogP contribution >= 0.6 is 0 Å². The summed E-state index contributed by atoms with van der Waals surface area (Å²) in [4.78, 5) is 11.1. The lowest BCUT2D eigenvalue weighted by atomic mass is 10.1. The molecule has 0 atom stereocenters. The zero-order valence-electron chi connectivity index (χ0n) is 7.66. The van der Waals surface area contributed by atoms with Crippen molar-refractivity contribution in [3.63, 3.8) is 0 Å². The second kappa shape index (κ2) is 3.65. The van der Waals surface area contributed by atoms with E-state index in [1.807, 2.05) is 12.1 Å². The summed E-state index contributed by atoms with van der Waals surface area (Å²) in [6.45, 7) is 0.512. The first kappa shape index (κ1) is 8.99. The fourth-order valence-corrected chi connectivity index (χ4v) is 1.50. The van der Waals surface area contributed by atoms with Crippen LogP contribution in [-0.4, -0.2) is 12.5 Å². The maximum absolute atomic E-state index is 13.4. The molecule has 1 aromatic rings. The molecule has 4 heteroatoms. The van der Waals surface area contributed by atoms with Crippen LogP contribution in [0.15, 0.2) is 24.3 Å². The lowest BCUT2D eigenvalue weighted by Gasteiger charge is -2.20. The number of carbonyl (C=O) groups excluding carboxylic acids is 1. The fourth-order valence-electron chi connectivity index (χ4n) is 1.50. The molecule has 0 bridgehead atoms. The largest absolute Gasteiger partial charge is 0.352 e. The summed E-state index contributed by atoms with van der Waals surface area (Å²) in [7, 11) is 0. The molecule has 0 saturated heterocycles. The third-order valence-electron chi connectivity index (χ3n) is 2.26. The van der Waals surface area contributed by atoms with Gasteiger partial charge in [0.2, 0.25) is 5.91 Å². The van der Waals surface area contributed by atoms with E-state index in [0.29, 0.717) is 17.4 Å². The molecule has 1 aromatic carbocycles. The van der Waals surface area contributed by atoms with E-state index in [1.165, 1.54) is 0 Å². The Labute approximate surface area is 81.5 Å². The van der Waals surface area contributed by atoms with Gasteiger partial charge in [-0.05, 0) is 11.6 Å². The van der Waals surface area contributed by atoms with Crippen LogP contribution in [0.2, 0.25) is 0 Å². The van der Waals surface area contributed by atoms with Crippen LogP contribution in [0.3, 0.4) is 0 Å². The van der Waals surface area contributed by atoms with Crippen LogP contribution < -0.4 is 10.4 Å². The predicted molar refractivity (Wildman–Crippen MR) is 51.4 cm³/mol. The third kappa shape index (κ3) is 1.69. The van der Waals surface area contributed by atoms with Gasteiger partial charge in [-0.15, -0.1) is 0 Å². The standard InChI is InChI=1S/C10H11FN2O/c11-13-6-5-10(14)12-7-8-3-1-2-4-9(8)13/h1-4H,5-7H2,(H,12,14). The number of hydrogen-bond acceptors (Lipinski definition) is 2. The van der Waals surface area contributed by atoms with Crippen molar-refractivity contribution >= 4 is 11.6 Å². The maximum Gasteiger partial charge on any atom is 0.222 e. The lowest BCUT2D eigenvalue weighted by Crippen LogP contribution is -2.30. The van der Waals surface area contributed by atoms with Gasteiger partial charge in [0.05, 0.1) is 12.2 Å². The number of nitrogens with zero attached hydrogens (tertiary/aromatic N) is 1. The molecule has 0 aliphatic carbocycles. The van der Waals surface area contributed by atoms with Gasteiger partial charge in [-0.3, -0.25) is 4.79 Å². The van der Waals surface area contributed by atoms with Crippen LogP contribution in [-0.2, 0) is 11.3 Å². The van der Waals surface area contributed by atoms with E-state index in [9.17, 15) is 9.28 Å². The molecule has 3 nitrogen and oxygen atoms in total. The van der Waals surface area contributed by atoms with Crippen LogP contribution in [0.1, 0.15) is 12.0 Å². The van der Waals surface area contributed by atoms with Crippen molar-refractivity contribution in [2.75, 3.05) is 11.7 Å². The molecule has 2 rings (SSSR count). The van der Waals surface area contributed by atoms with Crippen molar-refractivity contribution in [3.05, 3.63) is 29.8 Å². The molecule has 0 unspecified atom stereocenters. The minimum Gasteiger partial charge on any atom is -0.352 e. The number of halogens is 1. The van der Waals surface area contributed by atoms with Gasteiger partial charge in [-0.2, -0.15) is 0 Å². The predicted octanol–water partition coefficient (Wildman–Crippen LogP) is 1.40. The van der Waals surface area contributed by atoms with Gasteiger partial charge in [0.25, 0.3) is 0 Å². The van der Waals surface area contributed by atoms with Gasteiger partial charge in [0, 0.05) is 13.0 Å². The van der Waals surface area contributed by atoms with Crippen LogP contribution in [0.5, 0.6) is 0 Å². The summed E-state index contributed by atoms with van der Waals surface area (Å²) in [5.74, 6) is -0.109. The van der Waals surface area contributed by atoms with E-state index >= 15 is 0 Å². The van der Waals surface area contributed by atoms with E-state index in [-0.39, 0.29) is 18.9 Å². The highest BCUT2D eigenvalue weighted by atomic mass is 19.2. The Morgan fingerprint density at radius 2 is 2.14 bits per heavy atom. The Bertz CT molecular complexity index is 354. The zero-order chi connectivity index (χ0) is 9.97. The average Bonchev–Trinajstić information content (AvgIpc) is 2.21. The fraction of sp³-hybridized carbons (Fsp3) is 0.300. The highest BCUT2D eigenvalue weighted by Gasteiger charge is 2.15. The molecule has 0 fully saturated rings. The first-order chi connectivity index (χ1) is 6.77. The molecule has 1 heterocycles. The van der Waals surface area contributed by atoms with Crippen LogP contribution in [0.25, 0.3) is 0 Å². The molecule has 74 valence electrons. The normalized spacial score (nSPS) is 16.6. The Balaban J connectivity index is 2.33. The van der Waals surface area contributed by atoms with E-state index < -0.39 is 0 Å². The third-order valence-corrected chi connectivity index (χ3v) is 2.26. The first-order valence-corrected chi connectivity index (χ1v) is 4.55. The summed E-state index contributed by atoms with van der Waals surface area (Å²) in [6, 6.07) is 7.15. The number of carbonyl (C=O) groups is 1. The molecule has 0 radical (unpaired) electrons. The van der Waals surface area contributed by atoms with Gasteiger partial charge < -0.3 is 5.32 Å². The number of rotatable bonds is 0. The van der Waals surface area contributed by atoms with Crippen LogP contribution in [0, 0.1) is 0 Å². The zero-order valence-corrected chi connectivity index (χ0v) is 7.66. The second-order valence-corrected chi connectivity index (χ2v) is 3.24. The minimum atomic E-state index is -0.109. The molecule has 0 saturated carbocycles. The van der Waals surface area contributed by atoms with Crippen molar-refractivity contribution in [2.45, 2.75) is 13.0 Å². The monoisotopic (exact) mass is 194 g/mol. The van der Waals surface area contributed by atoms with Gasteiger partial charge in [0.1, 0.15) is 0 Å². The summed E-state index contributed by atoms with van der Waals surface area (Å²) < 4.78 is 13.4. The summed E-state index contributed by atoms with van der Waals surface area (Å²) in [6.07, 6.45) is 0.199.